The number of ether oxygens (including phenoxy) is 1. The first-order valence-electron chi connectivity index (χ1n) is 8.28. The fourth-order valence-electron chi connectivity index (χ4n) is 2.41. The number of carbonyl (C=O) groups is 2. The first kappa shape index (κ1) is 17.5. The molecule has 0 radical (unpaired) electrons. The van der Waals surface area contributed by atoms with E-state index >= 15 is 0 Å². The molecule has 0 spiro atoms. The predicted molar refractivity (Wildman–Crippen MR) is 96.7 cm³/mol. The van der Waals surface area contributed by atoms with E-state index in [-0.39, 0.29) is 18.8 Å². The summed E-state index contributed by atoms with van der Waals surface area (Å²) in [4.78, 5) is 32.3. The van der Waals surface area contributed by atoms with Gasteiger partial charge in [-0.1, -0.05) is 60.7 Å². The third-order valence-electron chi connectivity index (χ3n) is 3.79. The van der Waals surface area contributed by atoms with Gasteiger partial charge >= 0.3 is 5.97 Å². The zero-order valence-electron chi connectivity index (χ0n) is 14.2. The number of ketones is 1. The van der Waals surface area contributed by atoms with E-state index in [9.17, 15) is 9.59 Å². The maximum absolute atomic E-state index is 12.1. The Kier molecular flexibility index (Phi) is 5.83. The van der Waals surface area contributed by atoms with Crippen molar-refractivity contribution in [3.8, 4) is 0 Å². The van der Waals surface area contributed by atoms with Crippen molar-refractivity contribution in [3.05, 3.63) is 95.6 Å². The van der Waals surface area contributed by atoms with Gasteiger partial charge in [-0.05, 0) is 11.1 Å². The number of rotatable bonds is 7. The molecule has 130 valence electrons. The van der Waals surface area contributed by atoms with Crippen LogP contribution in [0.3, 0.4) is 0 Å². The van der Waals surface area contributed by atoms with E-state index in [0.29, 0.717) is 17.8 Å². The molecule has 1 heterocycles. The van der Waals surface area contributed by atoms with Crippen molar-refractivity contribution in [3.63, 3.8) is 0 Å². The van der Waals surface area contributed by atoms with Crippen LogP contribution in [0.1, 0.15) is 27.3 Å². The third-order valence-corrected chi connectivity index (χ3v) is 3.79. The minimum Gasteiger partial charge on any atom is -0.457 e. The summed E-state index contributed by atoms with van der Waals surface area (Å²) in [6, 6.07) is 19.1. The average Bonchev–Trinajstić information content (AvgIpc) is 2.68. The van der Waals surface area contributed by atoms with E-state index in [4.69, 9.17) is 4.74 Å². The number of benzene rings is 2. The van der Waals surface area contributed by atoms with Gasteiger partial charge in [-0.2, -0.15) is 0 Å². The van der Waals surface area contributed by atoms with Gasteiger partial charge in [0.2, 0.25) is 5.78 Å². The standard InChI is InChI=1S/C21H18N2O3/c24-19(15-26-21(25)12-17-9-5-2-6-10-17)18-13-22-20(23-14-18)11-16-7-3-1-4-8-16/h1-10,13-14H,11-12,15H2. The Morgan fingerprint density at radius 2 is 1.38 bits per heavy atom. The maximum Gasteiger partial charge on any atom is 0.310 e. The van der Waals surface area contributed by atoms with Crippen molar-refractivity contribution >= 4 is 11.8 Å². The van der Waals surface area contributed by atoms with Crippen LogP contribution in [0.25, 0.3) is 0 Å². The lowest BCUT2D eigenvalue weighted by molar-refractivity contribution is -0.141. The van der Waals surface area contributed by atoms with Crippen LogP contribution in [0.4, 0.5) is 0 Å². The van der Waals surface area contributed by atoms with Gasteiger partial charge in [0.05, 0.1) is 12.0 Å². The second kappa shape index (κ2) is 8.67. The highest BCUT2D eigenvalue weighted by Gasteiger charge is 2.12. The van der Waals surface area contributed by atoms with E-state index in [1.807, 2.05) is 60.7 Å². The maximum atomic E-state index is 12.1. The summed E-state index contributed by atoms with van der Waals surface area (Å²) in [5, 5.41) is 0. The number of nitrogens with zero attached hydrogens (tertiary/aromatic N) is 2. The summed E-state index contributed by atoms with van der Waals surface area (Å²) in [7, 11) is 0. The molecule has 0 aliphatic carbocycles. The fourth-order valence-corrected chi connectivity index (χ4v) is 2.41. The molecule has 0 unspecified atom stereocenters. The largest absolute Gasteiger partial charge is 0.457 e. The minimum atomic E-state index is -0.439. The van der Waals surface area contributed by atoms with Crippen LogP contribution in [0.2, 0.25) is 0 Å². The lowest BCUT2D eigenvalue weighted by Gasteiger charge is -2.05. The van der Waals surface area contributed by atoms with Crippen molar-refractivity contribution in [2.24, 2.45) is 0 Å². The van der Waals surface area contributed by atoms with Gasteiger partial charge in [-0.25, -0.2) is 9.97 Å². The van der Waals surface area contributed by atoms with E-state index in [2.05, 4.69) is 9.97 Å². The summed E-state index contributed by atoms with van der Waals surface area (Å²) in [6.45, 7) is -0.312. The van der Waals surface area contributed by atoms with Gasteiger partial charge in [0.15, 0.2) is 6.61 Å². The molecule has 0 atom stereocenters. The first-order chi connectivity index (χ1) is 12.7. The van der Waals surface area contributed by atoms with E-state index < -0.39 is 5.97 Å². The van der Waals surface area contributed by atoms with Gasteiger partial charge in [-0.3, -0.25) is 9.59 Å². The Morgan fingerprint density at radius 3 is 2.00 bits per heavy atom. The van der Waals surface area contributed by atoms with Gasteiger partial charge in [0, 0.05) is 18.8 Å². The molecule has 3 rings (SSSR count). The van der Waals surface area contributed by atoms with E-state index in [1.54, 1.807) is 0 Å². The highest BCUT2D eigenvalue weighted by Crippen LogP contribution is 2.06. The van der Waals surface area contributed by atoms with E-state index in [1.165, 1.54) is 12.4 Å². The van der Waals surface area contributed by atoms with Crippen LogP contribution < -0.4 is 0 Å². The smallest absolute Gasteiger partial charge is 0.310 e. The molecule has 0 aliphatic rings. The summed E-state index contributed by atoms with van der Waals surface area (Å²) in [5.41, 5.74) is 2.27. The van der Waals surface area contributed by atoms with Crippen LogP contribution in [0.15, 0.2) is 73.1 Å². The zero-order valence-corrected chi connectivity index (χ0v) is 14.2. The molecular weight excluding hydrogens is 328 g/mol. The van der Waals surface area contributed by atoms with Gasteiger partial charge in [0.1, 0.15) is 5.82 Å². The molecule has 1 aromatic heterocycles. The number of carbonyl (C=O) groups excluding carboxylic acids is 2. The van der Waals surface area contributed by atoms with Gasteiger partial charge in [0.25, 0.3) is 0 Å². The Hall–Kier alpha value is -3.34. The van der Waals surface area contributed by atoms with Gasteiger partial charge < -0.3 is 4.74 Å². The zero-order chi connectivity index (χ0) is 18.2. The number of hydrogen-bond donors (Lipinski definition) is 0. The Morgan fingerprint density at radius 1 is 0.808 bits per heavy atom. The molecule has 0 fully saturated rings. The highest BCUT2D eigenvalue weighted by atomic mass is 16.5. The highest BCUT2D eigenvalue weighted by molar-refractivity contribution is 5.97. The van der Waals surface area contributed by atoms with Crippen molar-refractivity contribution in [2.75, 3.05) is 6.61 Å². The van der Waals surface area contributed by atoms with Crippen molar-refractivity contribution in [2.45, 2.75) is 12.8 Å². The molecule has 0 bridgehead atoms. The Bertz CT molecular complexity index is 863. The molecular formula is C21H18N2O3. The monoisotopic (exact) mass is 346 g/mol. The summed E-state index contributed by atoms with van der Waals surface area (Å²) in [6.07, 6.45) is 3.68. The lowest BCUT2D eigenvalue weighted by atomic mass is 10.1. The van der Waals surface area contributed by atoms with Crippen LogP contribution in [0.5, 0.6) is 0 Å². The number of hydrogen-bond acceptors (Lipinski definition) is 5. The molecule has 5 nitrogen and oxygen atoms in total. The van der Waals surface area contributed by atoms with Crippen LogP contribution in [0, 0.1) is 0 Å². The average molecular weight is 346 g/mol. The quantitative estimate of drug-likeness (QED) is 0.486. The number of esters is 1. The molecule has 0 aliphatic heterocycles. The topological polar surface area (TPSA) is 69.2 Å². The second-order valence-corrected chi connectivity index (χ2v) is 5.80. The minimum absolute atomic E-state index is 0.140. The SMILES string of the molecule is O=C(Cc1ccccc1)OCC(=O)c1cnc(Cc2ccccc2)nc1. The molecule has 0 saturated carbocycles. The summed E-state index contributed by atoms with van der Waals surface area (Å²) < 4.78 is 5.04. The van der Waals surface area contributed by atoms with Crippen LogP contribution >= 0.6 is 0 Å². The lowest BCUT2D eigenvalue weighted by Crippen LogP contribution is -2.16. The third kappa shape index (κ3) is 5.08. The molecule has 5 heteroatoms. The number of Topliss-reactive ketones (excluding diaryl/α,β-unsaturated/α-hetero) is 1. The van der Waals surface area contributed by atoms with Crippen molar-refractivity contribution < 1.29 is 14.3 Å². The molecule has 26 heavy (non-hydrogen) atoms. The normalized spacial score (nSPS) is 10.3. The first-order valence-corrected chi connectivity index (χ1v) is 8.28. The number of aromatic nitrogens is 2. The summed E-state index contributed by atoms with van der Waals surface area (Å²) >= 11 is 0. The van der Waals surface area contributed by atoms with Crippen LogP contribution in [-0.2, 0) is 22.4 Å². The Balaban J connectivity index is 1.51. The molecule has 2 aromatic carbocycles. The molecule has 0 N–H and O–H groups in total. The predicted octanol–water partition coefficient (Wildman–Crippen LogP) is 3.04. The molecule has 0 amide bonds. The fraction of sp³-hybridized carbons (Fsp3) is 0.143. The Labute approximate surface area is 151 Å². The second-order valence-electron chi connectivity index (χ2n) is 5.80. The van der Waals surface area contributed by atoms with Gasteiger partial charge in [-0.15, -0.1) is 0 Å². The molecule has 0 saturated heterocycles. The van der Waals surface area contributed by atoms with Crippen LogP contribution in [-0.4, -0.2) is 28.3 Å². The summed E-state index contributed by atoms with van der Waals surface area (Å²) in [5.74, 6) is -0.127. The van der Waals surface area contributed by atoms with E-state index in [0.717, 1.165) is 11.1 Å². The molecule has 3 aromatic rings. The van der Waals surface area contributed by atoms with Crippen molar-refractivity contribution in [1.29, 1.82) is 0 Å². The van der Waals surface area contributed by atoms with Crippen molar-refractivity contribution in [1.82, 2.24) is 9.97 Å².